The zero-order valence-corrected chi connectivity index (χ0v) is 10.1. The molecule has 0 atom stereocenters. The van der Waals surface area contributed by atoms with Crippen LogP contribution in [0.1, 0.15) is 15.9 Å². The van der Waals surface area contributed by atoms with Gasteiger partial charge in [0.2, 0.25) is 0 Å². The van der Waals surface area contributed by atoms with Gasteiger partial charge in [-0.15, -0.1) is 0 Å². The van der Waals surface area contributed by atoms with Crippen molar-refractivity contribution in [2.24, 2.45) is 0 Å². The molecule has 6 heteroatoms. The molecule has 3 N–H and O–H groups in total. The number of nitriles is 1. The van der Waals surface area contributed by atoms with Gasteiger partial charge in [0.25, 0.3) is 0 Å². The minimum absolute atomic E-state index is 0.0262. The molecule has 2 aromatic rings. The van der Waals surface area contributed by atoms with Crippen LogP contribution in [0.15, 0.2) is 36.4 Å². The van der Waals surface area contributed by atoms with Gasteiger partial charge in [-0.25, -0.2) is 9.18 Å². The summed E-state index contributed by atoms with van der Waals surface area (Å²) in [6, 6.07) is 9.79. The fourth-order valence-electron chi connectivity index (χ4n) is 1.64. The standard InChI is InChI=1S/C14H9FN2O3/c15-10-4-2-5-11(9(10)7-16)20-12-6-1-3-8(13(12)17)14(18)19/h1-6H,17H2,(H,18,19). The van der Waals surface area contributed by atoms with Gasteiger partial charge >= 0.3 is 5.97 Å². The topological polar surface area (TPSA) is 96.3 Å². The third-order valence-corrected chi connectivity index (χ3v) is 2.60. The smallest absolute Gasteiger partial charge is 0.337 e. The number of ether oxygens (including phenoxy) is 1. The maximum absolute atomic E-state index is 13.4. The number of nitrogen functional groups attached to an aromatic ring is 1. The molecule has 20 heavy (non-hydrogen) atoms. The maximum Gasteiger partial charge on any atom is 0.337 e. The monoisotopic (exact) mass is 272 g/mol. The predicted octanol–water partition coefficient (Wildman–Crippen LogP) is 2.77. The molecule has 0 saturated heterocycles. The summed E-state index contributed by atoms with van der Waals surface area (Å²) >= 11 is 0. The van der Waals surface area contributed by atoms with Crippen LogP contribution < -0.4 is 10.5 Å². The van der Waals surface area contributed by atoms with Crippen molar-refractivity contribution in [3.8, 4) is 17.6 Å². The van der Waals surface area contributed by atoms with E-state index >= 15 is 0 Å². The van der Waals surface area contributed by atoms with Crippen molar-refractivity contribution in [3.05, 3.63) is 53.3 Å². The van der Waals surface area contributed by atoms with E-state index < -0.39 is 11.8 Å². The third kappa shape index (κ3) is 2.37. The van der Waals surface area contributed by atoms with Gasteiger partial charge in [-0.2, -0.15) is 5.26 Å². The van der Waals surface area contributed by atoms with E-state index in [2.05, 4.69) is 0 Å². The molecule has 0 aliphatic carbocycles. The van der Waals surface area contributed by atoms with E-state index in [0.29, 0.717) is 0 Å². The lowest BCUT2D eigenvalue weighted by Gasteiger charge is -2.11. The van der Waals surface area contributed by atoms with Crippen molar-refractivity contribution >= 4 is 11.7 Å². The first kappa shape index (κ1) is 13.4. The summed E-state index contributed by atoms with van der Waals surface area (Å²) in [5.74, 6) is -1.90. The minimum atomic E-state index is -1.20. The van der Waals surface area contributed by atoms with Gasteiger partial charge in [-0.05, 0) is 24.3 Å². The largest absolute Gasteiger partial charge is 0.478 e. The van der Waals surface area contributed by atoms with Crippen LogP contribution >= 0.6 is 0 Å². The van der Waals surface area contributed by atoms with Crippen molar-refractivity contribution < 1.29 is 19.0 Å². The highest BCUT2D eigenvalue weighted by atomic mass is 19.1. The van der Waals surface area contributed by atoms with E-state index in [1.807, 2.05) is 0 Å². The molecule has 0 unspecified atom stereocenters. The number of para-hydroxylation sites is 1. The number of hydrogen-bond donors (Lipinski definition) is 2. The van der Waals surface area contributed by atoms with E-state index in [4.69, 9.17) is 20.8 Å². The Kier molecular flexibility index (Phi) is 3.53. The van der Waals surface area contributed by atoms with Gasteiger partial charge in [-0.3, -0.25) is 0 Å². The highest BCUT2D eigenvalue weighted by Gasteiger charge is 2.15. The lowest BCUT2D eigenvalue weighted by atomic mass is 10.1. The van der Waals surface area contributed by atoms with E-state index in [9.17, 15) is 9.18 Å². The number of rotatable bonds is 3. The number of carboxylic acids is 1. The van der Waals surface area contributed by atoms with E-state index in [-0.39, 0.29) is 28.3 Å². The molecule has 0 heterocycles. The minimum Gasteiger partial charge on any atom is -0.478 e. The van der Waals surface area contributed by atoms with Gasteiger partial charge in [0.05, 0.1) is 11.3 Å². The van der Waals surface area contributed by atoms with Crippen LogP contribution in [0.4, 0.5) is 10.1 Å². The number of anilines is 1. The fraction of sp³-hybridized carbons (Fsp3) is 0. The van der Waals surface area contributed by atoms with Crippen molar-refractivity contribution in [3.63, 3.8) is 0 Å². The van der Waals surface area contributed by atoms with Crippen LogP contribution in [0, 0.1) is 17.1 Å². The van der Waals surface area contributed by atoms with E-state index in [1.165, 1.54) is 30.3 Å². The van der Waals surface area contributed by atoms with Crippen LogP contribution in [0.3, 0.4) is 0 Å². The average molecular weight is 272 g/mol. The number of carboxylic acid groups (broad SMARTS) is 1. The Morgan fingerprint density at radius 2 is 1.90 bits per heavy atom. The summed E-state index contributed by atoms with van der Waals surface area (Å²) in [5, 5.41) is 17.8. The number of hydrogen-bond acceptors (Lipinski definition) is 4. The first-order valence-corrected chi connectivity index (χ1v) is 5.53. The van der Waals surface area contributed by atoms with Crippen LogP contribution in [-0.2, 0) is 0 Å². The number of nitrogens with two attached hydrogens (primary N) is 1. The molecule has 5 nitrogen and oxygen atoms in total. The lowest BCUT2D eigenvalue weighted by molar-refractivity contribution is 0.0697. The maximum atomic E-state index is 13.4. The molecular formula is C14H9FN2O3. The Balaban J connectivity index is 2.47. The summed E-state index contributed by atoms with van der Waals surface area (Å²) in [6.45, 7) is 0. The lowest BCUT2D eigenvalue weighted by Crippen LogP contribution is -2.04. The first-order chi connectivity index (χ1) is 9.54. The SMILES string of the molecule is N#Cc1c(F)cccc1Oc1cccc(C(=O)O)c1N. The van der Waals surface area contributed by atoms with Crippen molar-refractivity contribution in [1.82, 2.24) is 0 Å². The molecule has 0 amide bonds. The zero-order chi connectivity index (χ0) is 14.7. The van der Waals surface area contributed by atoms with Crippen molar-refractivity contribution in [1.29, 1.82) is 5.26 Å². The summed E-state index contributed by atoms with van der Waals surface area (Å²) < 4.78 is 18.8. The molecule has 0 saturated carbocycles. The number of carbonyl (C=O) groups is 1. The van der Waals surface area contributed by atoms with Crippen molar-refractivity contribution in [2.45, 2.75) is 0 Å². The van der Waals surface area contributed by atoms with Crippen LogP contribution in [0.5, 0.6) is 11.5 Å². The Labute approximate surface area is 113 Å². The van der Waals surface area contributed by atoms with Gasteiger partial charge in [0.15, 0.2) is 5.75 Å². The van der Waals surface area contributed by atoms with Crippen molar-refractivity contribution in [2.75, 3.05) is 5.73 Å². The van der Waals surface area contributed by atoms with Crippen LogP contribution in [0.25, 0.3) is 0 Å². The Bertz CT molecular complexity index is 723. The Morgan fingerprint density at radius 1 is 1.25 bits per heavy atom. The number of halogens is 1. The molecule has 0 bridgehead atoms. The van der Waals surface area contributed by atoms with E-state index in [1.54, 1.807) is 6.07 Å². The van der Waals surface area contributed by atoms with Crippen LogP contribution in [0.2, 0.25) is 0 Å². The van der Waals surface area contributed by atoms with Gasteiger partial charge in [0, 0.05) is 0 Å². The molecule has 0 fully saturated rings. The molecule has 2 rings (SSSR count). The molecule has 0 aromatic heterocycles. The molecule has 2 aromatic carbocycles. The highest BCUT2D eigenvalue weighted by Crippen LogP contribution is 2.32. The Morgan fingerprint density at radius 3 is 2.55 bits per heavy atom. The number of benzene rings is 2. The second kappa shape index (κ2) is 5.28. The summed E-state index contributed by atoms with van der Waals surface area (Å²) in [7, 11) is 0. The number of nitrogens with zero attached hydrogens (tertiary/aromatic N) is 1. The van der Waals surface area contributed by atoms with Gasteiger partial charge < -0.3 is 15.6 Å². The predicted molar refractivity (Wildman–Crippen MR) is 69.0 cm³/mol. The molecule has 0 spiro atoms. The average Bonchev–Trinajstić information content (AvgIpc) is 2.41. The Hall–Kier alpha value is -3.07. The van der Waals surface area contributed by atoms with Gasteiger partial charge in [0.1, 0.15) is 23.2 Å². The second-order valence-corrected chi connectivity index (χ2v) is 3.85. The number of aromatic carboxylic acids is 1. The van der Waals surface area contributed by atoms with Gasteiger partial charge in [-0.1, -0.05) is 12.1 Å². The zero-order valence-electron chi connectivity index (χ0n) is 10.1. The second-order valence-electron chi connectivity index (χ2n) is 3.85. The summed E-state index contributed by atoms with van der Waals surface area (Å²) in [6.07, 6.45) is 0. The summed E-state index contributed by atoms with van der Waals surface area (Å²) in [5.41, 5.74) is 5.19. The summed E-state index contributed by atoms with van der Waals surface area (Å²) in [4.78, 5) is 11.0. The molecule has 0 radical (unpaired) electrons. The van der Waals surface area contributed by atoms with Crippen LogP contribution in [-0.4, -0.2) is 11.1 Å². The third-order valence-electron chi connectivity index (χ3n) is 2.60. The fourth-order valence-corrected chi connectivity index (χ4v) is 1.64. The first-order valence-electron chi connectivity index (χ1n) is 5.53. The molecule has 0 aliphatic rings. The molecule has 100 valence electrons. The molecular weight excluding hydrogens is 263 g/mol. The highest BCUT2D eigenvalue weighted by molar-refractivity contribution is 5.95. The molecule has 0 aliphatic heterocycles. The quantitative estimate of drug-likeness (QED) is 0.837. The van der Waals surface area contributed by atoms with E-state index in [0.717, 1.165) is 6.07 Å². The normalized spacial score (nSPS) is 9.80.